The van der Waals surface area contributed by atoms with Crippen LogP contribution in [0.3, 0.4) is 0 Å². The van der Waals surface area contributed by atoms with Crippen LogP contribution in [0.15, 0.2) is 23.1 Å². The third-order valence-electron chi connectivity index (χ3n) is 3.63. The van der Waals surface area contributed by atoms with Crippen LogP contribution in [-0.2, 0) is 14.6 Å². The molecule has 1 aromatic rings. The van der Waals surface area contributed by atoms with Gasteiger partial charge in [0.05, 0.1) is 4.90 Å². The molecule has 1 fully saturated rings. The maximum Gasteiger partial charge on any atom is 0.322 e. The van der Waals surface area contributed by atoms with E-state index in [0.717, 1.165) is 18.9 Å². The van der Waals surface area contributed by atoms with Gasteiger partial charge >= 0.3 is 5.97 Å². The number of rotatable bonds is 4. The molecule has 0 saturated heterocycles. The van der Waals surface area contributed by atoms with Crippen molar-refractivity contribution >= 4 is 15.8 Å². The molecule has 0 aromatic heterocycles. The quantitative estimate of drug-likeness (QED) is 0.867. The lowest BCUT2D eigenvalue weighted by Crippen LogP contribution is -2.36. The molecule has 1 unspecified atom stereocenters. The summed E-state index contributed by atoms with van der Waals surface area (Å²) in [7, 11) is -4.23. The van der Waals surface area contributed by atoms with Gasteiger partial charge in [0, 0.05) is 0 Å². The molecule has 1 aromatic carbocycles. The van der Waals surface area contributed by atoms with Gasteiger partial charge in [-0.05, 0) is 37.0 Å². The molecular formula is C13H14F2O4S. The van der Waals surface area contributed by atoms with E-state index < -0.39 is 43.5 Å². The summed E-state index contributed by atoms with van der Waals surface area (Å²) in [5, 5.41) is 7.61. The molecular weight excluding hydrogens is 290 g/mol. The van der Waals surface area contributed by atoms with Gasteiger partial charge in [0.2, 0.25) is 0 Å². The molecule has 4 nitrogen and oxygen atoms in total. The molecule has 1 saturated carbocycles. The van der Waals surface area contributed by atoms with E-state index in [1.807, 2.05) is 0 Å². The monoisotopic (exact) mass is 304 g/mol. The minimum atomic E-state index is -4.23. The van der Waals surface area contributed by atoms with Crippen LogP contribution in [0.5, 0.6) is 0 Å². The van der Waals surface area contributed by atoms with Gasteiger partial charge in [0.15, 0.2) is 26.7 Å². The minimum Gasteiger partial charge on any atom is -0.480 e. The highest BCUT2D eigenvalue weighted by molar-refractivity contribution is 7.92. The summed E-state index contributed by atoms with van der Waals surface area (Å²) in [5.74, 6) is -4.40. The van der Waals surface area contributed by atoms with E-state index in [2.05, 4.69) is 0 Å². The lowest BCUT2D eigenvalue weighted by Gasteiger charge is -2.19. The minimum absolute atomic E-state index is 0.481. The Morgan fingerprint density at radius 2 is 1.80 bits per heavy atom. The van der Waals surface area contributed by atoms with E-state index in [0.29, 0.717) is 25.0 Å². The average molecular weight is 304 g/mol. The van der Waals surface area contributed by atoms with E-state index in [1.165, 1.54) is 0 Å². The standard InChI is InChI=1S/C13H14F2O4S/c14-10-6-5-9(7-11(10)15)20(18,19)12(13(16)17)8-3-1-2-4-8/h5-8,12H,1-4H2,(H,16,17). The van der Waals surface area contributed by atoms with Crippen molar-refractivity contribution in [2.24, 2.45) is 5.92 Å². The summed E-state index contributed by atoms with van der Waals surface area (Å²) in [6, 6.07) is 2.13. The van der Waals surface area contributed by atoms with Gasteiger partial charge in [-0.15, -0.1) is 0 Å². The molecule has 2 rings (SSSR count). The predicted octanol–water partition coefficient (Wildman–Crippen LogP) is 2.38. The highest BCUT2D eigenvalue weighted by Gasteiger charge is 2.41. The smallest absolute Gasteiger partial charge is 0.322 e. The van der Waals surface area contributed by atoms with E-state index in [1.54, 1.807) is 0 Å². The van der Waals surface area contributed by atoms with E-state index in [4.69, 9.17) is 0 Å². The molecule has 0 bridgehead atoms. The number of carboxylic acid groups (broad SMARTS) is 1. The van der Waals surface area contributed by atoms with Crippen molar-refractivity contribution in [2.75, 3.05) is 0 Å². The van der Waals surface area contributed by atoms with Gasteiger partial charge in [0.25, 0.3) is 0 Å². The second-order valence-electron chi connectivity index (χ2n) is 4.92. The number of sulfone groups is 1. The summed E-state index contributed by atoms with van der Waals surface area (Å²) in [6.45, 7) is 0. The fourth-order valence-electron chi connectivity index (χ4n) is 2.65. The summed E-state index contributed by atoms with van der Waals surface area (Å²) >= 11 is 0. The number of carbonyl (C=O) groups is 1. The number of carboxylic acids is 1. The Kier molecular flexibility index (Phi) is 4.08. The van der Waals surface area contributed by atoms with Crippen LogP contribution in [0.2, 0.25) is 0 Å². The molecule has 0 spiro atoms. The SMILES string of the molecule is O=C(O)C(C1CCCC1)S(=O)(=O)c1ccc(F)c(F)c1. The van der Waals surface area contributed by atoms with E-state index >= 15 is 0 Å². The van der Waals surface area contributed by atoms with Gasteiger partial charge in [-0.1, -0.05) is 12.8 Å². The Morgan fingerprint density at radius 1 is 1.20 bits per heavy atom. The highest BCUT2D eigenvalue weighted by atomic mass is 32.2. The van der Waals surface area contributed by atoms with Crippen LogP contribution in [0.25, 0.3) is 0 Å². The summed E-state index contributed by atoms with van der Waals surface area (Å²) < 4.78 is 50.7. The zero-order valence-electron chi connectivity index (χ0n) is 10.6. The maximum absolute atomic E-state index is 13.2. The fourth-order valence-corrected chi connectivity index (χ4v) is 4.51. The Balaban J connectivity index is 2.44. The average Bonchev–Trinajstić information content (AvgIpc) is 2.85. The van der Waals surface area contributed by atoms with Crippen LogP contribution >= 0.6 is 0 Å². The van der Waals surface area contributed by atoms with Gasteiger partial charge in [0.1, 0.15) is 0 Å². The molecule has 0 heterocycles. The molecule has 0 amide bonds. The summed E-state index contributed by atoms with van der Waals surface area (Å²) in [6.07, 6.45) is 2.59. The topological polar surface area (TPSA) is 71.4 Å². The number of hydrogen-bond donors (Lipinski definition) is 1. The van der Waals surface area contributed by atoms with Gasteiger partial charge < -0.3 is 5.11 Å². The van der Waals surface area contributed by atoms with Gasteiger partial charge in [-0.25, -0.2) is 17.2 Å². The molecule has 20 heavy (non-hydrogen) atoms. The Labute approximate surface area is 115 Å². The first-order valence-corrected chi connectivity index (χ1v) is 7.80. The lowest BCUT2D eigenvalue weighted by atomic mass is 10.0. The van der Waals surface area contributed by atoms with Crippen molar-refractivity contribution < 1.29 is 27.1 Å². The first-order chi connectivity index (χ1) is 9.34. The Hall–Kier alpha value is -1.50. The van der Waals surface area contributed by atoms with Crippen LogP contribution in [0.1, 0.15) is 25.7 Å². The number of aliphatic carboxylic acids is 1. The molecule has 7 heteroatoms. The van der Waals surface area contributed by atoms with E-state index in [9.17, 15) is 27.1 Å². The first-order valence-electron chi connectivity index (χ1n) is 6.26. The van der Waals surface area contributed by atoms with Crippen molar-refractivity contribution in [3.8, 4) is 0 Å². The van der Waals surface area contributed by atoms with Crippen LogP contribution in [0.4, 0.5) is 8.78 Å². The largest absolute Gasteiger partial charge is 0.480 e. The Bertz CT molecular complexity index is 621. The van der Waals surface area contributed by atoms with Gasteiger partial charge in [-0.3, -0.25) is 4.79 Å². The maximum atomic E-state index is 13.2. The summed E-state index contributed by atoms with van der Waals surface area (Å²) in [5.41, 5.74) is 0. The van der Waals surface area contributed by atoms with E-state index in [-0.39, 0.29) is 0 Å². The first kappa shape index (κ1) is 14.9. The molecule has 1 N–H and O–H groups in total. The molecule has 0 aliphatic heterocycles. The predicted molar refractivity (Wildman–Crippen MR) is 66.9 cm³/mol. The lowest BCUT2D eigenvalue weighted by molar-refractivity contribution is -0.137. The normalized spacial score (nSPS) is 18.1. The fraction of sp³-hybridized carbons (Fsp3) is 0.462. The van der Waals surface area contributed by atoms with Gasteiger partial charge in [-0.2, -0.15) is 0 Å². The van der Waals surface area contributed by atoms with Crippen molar-refractivity contribution in [2.45, 2.75) is 35.8 Å². The Morgan fingerprint density at radius 3 is 2.30 bits per heavy atom. The van der Waals surface area contributed by atoms with Crippen molar-refractivity contribution in [3.05, 3.63) is 29.8 Å². The molecule has 1 aliphatic carbocycles. The van der Waals surface area contributed by atoms with Crippen molar-refractivity contribution in [3.63, 3.8) is 0 Å². The number of hydrogen-bond acceptors (Lipinski definition) is 3. The number of benzene rings is 1. The van der Waals surface area contributed by atoms with Crippen molar-refractivity contribution in [1.82, 2.24) is 0 Å². The van der Waals surface area contributed by atoms with Crippen molar-refractivity contribution in [1.29, 1.82) is 0 Å². The molecule has 1 aliphatic rings. The molecule has 110 valence electrons. The van der Waals surface area contributed by atoms with Crippen LogP contribution in [-0.4, -0.2) is 24.7 Å². The second kappa shape index (κ2) is 5.47. The third kappa shape index (κ3) is 2.67. The second-order valence-corrected chi connectivity index (χ2v) is 6.99. The van der Waals surface area contributed by atoms with Crippen LogP contribution < -0.4 is 0 Å². The zero-order valence-corrected chi connectivity index (χ0v) is 11.4. The summed E-state index contributed by atoms with van der Waals surface area (Å²) in [4.78, 5) is 10.8. The zero-order chi connectivity index (χ0) is 14.9. The molecule has 0 radical (unpaired) electrons. The highest BCUT2D eigenvalue weighted by Crippen LogP contribution is 2.34. The van der Waals surface area contributed by atoms with Crippen LogP contribution in [0, 0.1) is 17.6 Å². The molecule has 1 atom stereocenters. The third-order valence-corrected chi connectivity index (χ3v) is 5.79. The number of halogens is 2.